The number of thiazole rings is 1. The molecule has 1 aliphatic heterocycles. The van der Waals surface area contributed by atoms with Crippen LogP contribution < -0.4 is 14.3 Å². The molecular weight excluding hydrogens is 338 g/mol. The lowest BCUT2D eigenvalue weighted by Crippen LogP contribution is -2.12. The number of nitrogens with zero attached hydrogens (tertiary/aromatic N) is 3. The maximum atomic E-state index is 5.50. The molecule has 0 saturated heterocycles. The Labute approximate surface area is 148 Å². The molecule has 0 aliphatic carbocycles. The predicted octanol–water partition coefficient (Wildman–Crippen LogP) is 3.51. The molecule has 0 atom stereocenters. The smallest absolute Gasteiger partial charge is 0.231 e. The largest absolute Gasteiger partial charge is 0.463 e. The summed E-state index contributed by atoms with van der Waals surface area (Å²) in [4.78, 5) is 5.26. The molecule has 4 rings (SSSR count). The maximum absolute atomic E-state index is 5.50. The summed E-state index contributed by atoms with van der Waals surface area (Å²) in [6.07, 6.45) is 5.14. The summed E-state index contributed by atoms with van der Waals surface area (Å²) in [6.45, 7) is 4.49. The van der Waals surface area contributed by atoms with E-state index in [0.717, 1.165) is 33.3 Å². The number of ether oxygens (including phenoxy) is 2. The fraction of sp³-hybridized carbons (Fsp3) is 0.111. The second-order valence-corrected chi connectivity index (χ2v) is 6.02. The normalized spacial score (nSPS) is 13.7. The number of benzene rings is 1. The third-order valence-electron chi connectivity index (χ3n) is 3.53. The molecule has 0 spiro atoms. The highest BCUT2D eigenvalue weighted by Gasteiger charge is 2.13. The lowest BCUT2D eigenvalue weighted by Gasteiger charge is -2.01. The predicted molar refractivity (Wildman–Crippen MR) is 96.2 cm³/mol. The Bertz CT molecular complexity index is 983. The highest BCUT2D eigenvalue weighted by Crippen LogP contribution is 2.32. The average Bonchev–Trinajstić information content (AvgIpc) is 3.37. The van der Waals surface area contributed by atoms with Crippen molar-refractivity contribution in [3.05, 3.63) is 65.0 Å². The van der Waals surface area contributed by atoms with Crippen molar-refractivity contribution in [2.45, 2.75) is 0 Å². The summed E-state index contributed by atoms with van der Waals surface area (Å²) >= 11 is 1.50. The van der Waals surface area contributed by atoms with Crippen molar-refractivity contribution >= 4 is 17.6 Å². The summed E-state index contributed by atoms with van der Waals surface area (Å²) in [5, 5.41) is 6.56. The SMILES string of the molecule is C=CCN=c1scc(-c2ccco2)n1N=Cc1ccc2c(c1)OCO2. The molecule has 7 heteroatoms. The van der Waals surface area contributed by atoms with Gasteiger partial charge >= 0.3 is 0 Å². The lowest BCUT2D eigenvalue weighted by molar-refractivity contribution is 0.174. The zero-order chi connectivity index (χ0) is 17.1. The first kappa shape index (κ1) is 15.5. The van der Waals surface area contributed by atoms with Crippen molar-refractivity contribution in [3.8, 4) is 23.0 Å². The zero-order valence-electron chi connectivity index (χ0n) is 13.3. The van der Waals surface area contributed by atoms with E-state index in [4.69, 9.17) is 13.9 Å². The Kier molecular flexibility index (Phi) is 4.22. The van der Waals surface area contributed by atoms with Crippen molar-refractivity contribution in [1.29, 1.82) is 0 Å². The van der Waals surface area contributed by atoms with E-state index in [1.54, 1.807) is 23.2 Å². The summed E-state index contributed by atoms with van der Waals surface area (Å²) in [5.74, 6) is 2.21. The maximum Gasteiger partial charge on any atom is 0.231 e. The van der Waals surface area contributed by atoms with Crippen molar-refractivity contribution < 1.29 is 13.9 Å². The minimum atomic E-state index is 0.252. The van der Waals surface area contributed by atoms with Gasteiger partial charge in [-0.2, -0.15) is 5.10 Å². The molecule has 3 aromatic rings. The molecule has 0 amide bonds. The van der Waals surface area contributed by atoms with Gasteiger partial charge in [0.05, 0.1) is 19.0 Å². The molecule has 25 heavy (non-hydrogen) atoms. The minimum absolute atomic E-state index is 0.252. The van der Waals surface area contributed by atoms with E-state index in [9.17, 15) is 0 Å². The van der Waals surface area contributed by atoms with Gasteiger partial charge in [-0.05, 0) is 35.9 Å². The summed E-state index contributed by atoms with van der Waals surface area (Å²) in [5.41, 5.74) is 1.75. The number of furan rings is 1. The Hall–Kier alpha value is -3.06. The monoisotopic (exact) mass is 353 g/mol. The van der Waals surface area contributed by atoms with Gasteiger partial charge in [0.15, 0.2) is 17.3 Å². The number of aromatic nitrogens is 1. The number of hydrogen-bond donors (Lipinski definition) is 0. The van der Waals surface area contributed by atoms with Crippen LogP contribution in [-0.4, -0.2) is 24.2 Å². The molecule has 0 N–H and O–H groups in total. The molecule has 0 saturated carbocycles. The van der Waals surface area contributed by atoms with Gasteiger partial charge in [0, 0.05) is 5.38 Å². The number of fused-ring (bicyclic) bond motifs is 1. The van der Waals surface area contributed by atoms with Gasteiger partial charge in [-0.3, -0.25) is 4.99 Å². The molecule has 1 aliphatic rings. The van der Waals surface area contributed by atoms with E-state index in [-0.39, 0.29) is 6.79 Å². The van der Waals surface area contributed by atoms with Crippen LogP contribution in [-0.2, 0) is 0 Å². The van der Waals surface area contributed by atoms with Crippen molar-refractivity contribution in [2.24, 2.45) is 10.1 Å². The van der Waals surface area contributed by atoms with Crippen LogP contribution in [0.2, 0.25) is 0 Å². The summed E-state index contributed by atoms with van der Waals surface area (Å²) in [7, 11) is 0. The van der Waals surface area contributed by atoms with E-state index in [2.05, 4.69) is 16.7 Å². The Morgan fingerprint density at radius 3 is 3.00 bits per heavy atom. The lowest BCUT2D eigenvalue weighted by atomic mass is 10.2. The third kappa shape index (κ3) is 3.14. The molecular formula is C18H15N3O3S. The van der Waals surface area contributed by atoms with E-state index >= 15 is 0 Å². The van der Waals surface area contributed by atoms with E-state index in [1.807, 2.05) is 35.7 Å². The molecule has 2 aromatic heterocycles. The van der Waals surface area contributed by atoms with Crippen LogP contribution in [0.25, 0.3) is 11.5 Å². The highest BCUT2D eigenvalue weighted by atomic mass is 32.1. The molecule has 1 aromatic carbocycles. The van der Waals surface area contributed by atoms with Crippen LogP contribution in [0.5, 0.6) is 11.5 Å². The zero-order valence-corrected chi connectivity index (χ0v) is 14.1. The molecule has 0 fully saturated rings. The van der Waals surface area contributed by atoms with Crippen LogP contribution in [0.3, 0.4) is 0 Å². The van der Waals surface area contributed by atoms with Crippen LogP contribution in [0, 0.1) is 0 Å². The fourth-order valence-electron chi connectivity index (χ4n) is 2.37. The summed E-state index contributed by atoms with van der Waals surface area (Å²) in [6, 6.07) is 9.44. The first-order chi connectivity index (χ1) is 12.3. The van der Waals surface area contributed by atoms with Crippen LogP contribution in [0.15, 0.2) is 69.1 Å². The van der Waals surface area contributed by atoms with Gasteiger partial charge in [0.25, 0.3) is 0 Å². The van der Waals surface area contributed by atoms with E-state index in [1.165, 1.54) is 11.3 Å². The second-order valence-electron chi connectivity index (χ2n) is 5.18. The standard InChI is InChI=1S/C18H15N3O3S/c1-2-7-19-18-21(14(11-25-18)15-4-3-8-22-15)20-10-13-5-6-16-17(9-13)24-12-23-16/h2-6,8-11H,1,7,12H2. The number of hydrogen-bond acceptors (Lipinski definition) is 6. The van der Waals surface area contributed by atoms with Gasteiger partial charge in [0.2, 0.25) is 11.6 Å². The molecule has 0 unspecified atom stereocenters. The molecule has 3 heterocycles. The first-order valence-electron chi connectivity index (χ1n) is 7.65. The number of rotatable bonds is 5. The minimum Gasteiger partial charge on any atom is -0.463 e. The van der Waals surface area contributed by atoms with Gasteiger partial charge in [0.1, 0.15) is 5.69 Å². The van der Waals surface area contributed by atoms with Crippen LogP contribution >= 0.6 is 11.3 Å². The Morgan fingerprint density at radius 1 is 1.24 bits per heavy atom. The van der Waals surface area contributed by atoms with Crippen molar-refractivity contribution in [2.75, 3.05) is 13.3 Å². The average molecular weight is 353 g/mol. The summed E-state index contributed by atoms with van der Waals surface area (Å²) < 4.78 is 18.0. The van der Waals surface area contributed by atoms with Gasteiger partial charge in [-0.25, -0.2) is 4.68 Å². The van der Waals surface area contributed by atoms with E-state index in [0.29, 0.717) is 6.54 Å². The second kappa shape index (κ2) is 6.82. The van der Waals surface area contributed by atoms with Crippen LogP contribution in [0.1, 0.15) is 5.56 Å². The highest BCUT2D eigenvalue weighted by molar-refractivity contribution is 7.07. The molecule has 6 nitrogen and oxygen atoms in total. The third-order valence-corrected chi connectivity index (χ3v) is 4.39. The van der Waals surface area contributed by atoms with Crippen molar-refractivity contribution in [1.82, 2.24) is 4.68 Å². The molecule has 126 valence electrons. The molecule has 0 bridgehead atoms. The van der Waals surface area contributed by atoms with Gasteiger partial charge in [-0.1, -0.05) is 6.08 Å². The quantitative estimate of drug-likeness (QED) is 0.521. The Morgan fingerprint density at radius 2 is 2.16 bits per heavy atom. The topological polar surface area (TPSA) is 61.2 Å². The van der Waals surface area contributed by atoms with Crippen molar-refractivity contribution in [3.63, 3.8) is 0 Å². The van der Waals surface area contributed by atoms with Crippen LogP contribution in [0.4, 0.5) is 0 Å². The first-order valence-corrected chi connectivity index (χ1v) is 8.53. The molecule has 0 radical (unpaired) electrons. The van der Waals surface area contributed by atoms with E-state index < -0.39 is 0 Å². The van der Waals surface area contributed by atoms with Gasteiger partial charge < -0.3 is 13.9 Å². The van der Waals surface area contributed by atoms with Gasteiger partial charge in [-0.15, -0.1) is 17.9 Å². The fourth-order valence-corrected chi connectivity index (χ4v) is 3.20. The Balaban J connectivity index is 1.73.